The number of halogens is 1. The number of carbonyl (C=O) groups excluding carboxylic acids is 2. The Balaban J connectivity index is 2.47. The summed E-state index contributed by atoms with van der Waals surface area (Å²) < 4.78 is 0.512. The third-order valence-electron chi connectivity index (χ3n) is 2.19. The molecule has 0 aromatic rings. The van der Waals surface area contributed by atoms with Gasteiger partial charge in [-0.1, -0.05) is 0 Å². The van der Waals surface area contributed by atoms with E-state index in [2.05, 4.69) is 25.9 Å². The number of carbonyl (C=O) groups is 2. The lowest BCUT2D eigenvalue weighted by molar-refractivity contribution is -0.129. The number of amidine groups is 2. The van der Waals surface area contributed by atoms with Crippen LogP contribution < -0.4 is 0 Å². The number of hydrogen-bond acceptors (Lipinski definition) is 4. The van der Waals surface area contributed by atoms with Gasteiger partial charge in [0.15, 0.2) is 16.6 Å². The van der Waals surface area contributed by atoms with E-state index in [-0.39, 0.29) is 11.7 Å². The van der Waals surface area contributed by atoms with Crippen molar-refractivity contribution in [1.29, 1.82) is 0 Å². The predicted octanol–water partition coefficient (Wildman–Crippen LogP) is 0.0418. The molecular weight excluding hydrogens is 252 g/mol. The highest BCUT2D eigenvalue weighted by molar-refractivity contribution is 9.18. The van der Waals surface area contributed by atoms with Crippen molar-refractivity contribution >= 4 is 38.4 Å². The van der Waals surface area contributed by atoms with Gasteiger partial charge in [0.2, 0.25) is 0 Å². The van der Waals surface area contributed by atoms with Gasteiger partial charge in [-0.25, -0.2) is 9.79 Å². The van der Waals surface area contributed by atoms with Gasteiger partial charge in [-0.05, 0) is 15.9 Å². The molecule has 3 amide bonds. The molecule has 0 aromatic heterocycles. The van der Waals surface area contributed by atoms with Crippen LogP contribution in [0.5, 0.6) is 0 Å². The third kappa shape index (κ3) is 1.08. The maximum Gasteiger partial charge on any atom is 0.351 e. The molecule has 2 aliphatic rings. The van der Waals surface area contributed by atoms with Crippen molar-refractivity contribution in [3.8, 4) is 0 Å². The van der Waals surface area contributed by atoms with Crippen LogP contribution in [0.2, 0.25) is 0 Å². The molecule has 0 N–H and O–H groups in total. The summed E-state index contributed by atoms with van der Waals surface area (Å²) in [6, 6.07) is -1.13. The van der Waals surface area contributed by atoms with E-state index in [1.165, 1.54) is 7.05 Å². The smallest absolute Gasteiger partial charge is 0.335 e. The van der Waals surface area contributed by atoms with Crippen molar-refractivity contribution in [2.75, 3.05) is 14.1 Å². The molecule has 0 bridgehead atoms. The number of imide groups is 1. The van der Waals surface area contributed by atoms with Gasteiger partial charge in [0.05, 0.1) is 0 Å². The fraction of sp³-hybridized carbons (Fsp3) is 0.429. The quantitative estimate of drug-likeness (QED) is 0.577. The zero-order valence-corrected chi connectivity index (χ0v) is 9.15. The Labute approximate surface area is 88.4 Å². The first-order valence-corrected chi connectivity index (χ1v) is 4.69. The van der Waals surface area contributed by atoms with E-state index in [1.807, 2.05) is 0 Å². The Hall–Kier alpha value is -1.24. The monoisotopic (exact) mass is 258 g/mol. The first-order chi connectivity index (χ1) is 6.52. The van der Waals surface area contributed by atoms with Crippen molar-refractivity contribution < 1.29 is 9.59 Å². The summed E-state index contributed by atoms with van der Waals surface area (Å²) in [6.45, 7) is 0. The summed E-state index contributed by atoms with van der Waals surface area (Å²) in [5.41, 5.74) is 0. The average molecular weight is 259 g/mol. The van der Waals surface area contributed by atoms with Gasteiger partial charge >= 0.3 is 6.03 Å². The fourth-order valence-electron chi connectivity index (χ4n) is 1.33. The van der Waals surface area contributed by atoms with Crippen LogP contribution in [0, 0.1) is 0 Å². The molecule has 74 valence electrons. The van der Waals surface area contributed by atoms with Crippen LogP contribution in [0.3, 0.4) is 0 Å². The SMILES string of the molecule is CN1C(=O)N=C2N=C(Br)N(C)C2C1=O. The number of rotatable bonds is 0. The minimum absolute atomic E-state index is 0.257. The minimum Gasteiger partial charge on any atom is -0.335 e. The van der Waals surface area contributed by atoms with Gasteiger partial charge in [0, 0.05) is 14.1 Å². The van der Waals surface area contributed by atoms with Crippen molar-refractivity contribution in [2.45, 2.75) is 6.04 Å². The summed E-state index contributed by atoms with van der Waals surface area (Å²) in [7, 11) is 3.12. The number of urea groups is 1. The topological polar surface area (TPSA) is 65.3 Å². The van der Waals surface area contributed by atoms with E-state index < -0.39 is 12.1 Å². The molecule has 0 saturated carbocycles. The second-order valence-electron chi connectivity index (χ2n) is 3.04. The van der Waals surface area contributed by atoms with Gasteiger partial charge in [0.1, 0.15) is 0 Å². The van der Waals surface area contributed by atoms with Crippen molar-refractivity contribution in [3.63, 3.8) is 0 Å². The normalized spacial score (nSPS) is 26.4. The minimum atomic E-state index is -0.569. The molecule has 0 aliphatic carbocycles. The zero-order chi connectivity index (χ0) is 10.5. The maximum absolute atomic E-state index is 11.7. The van der Waals surface area contributed by atoms with E-state index in [1.54, 1.807) is 11.9 Å². The molecule has 0 radical (unpaired) electrons. The first-order valence-electron chi connectivity index (χ1n) is 3.89. The molecule has 0 aromatic carbocycles. The number of likely N-dealkylation sites (N-methyl/N-ethyl adjacent to an activating group) is 2. The lowest BCUT2D eigenvalue weighted by atomic mass is 10.2. The number of hydrogen-bond donors (Lipinski definition) is 0. The van der Waals surface area contributed by atoms with Crippen LogP contribution in [0.4, 0.5) is 4.79 Å². The Morgan fingerprint density at radius 1 is 1.29 bits per heavy atom. The molecule has 2 aliphatic heterocycles. The highest BCUT2D eigenvalue weighted by atomic mass is 79.9. The lowest BCUT2D eigenvalue weighted by Crippen LogP contribution is -2.52. The summed E-state index contributed by atoms with van der Waals surface area (Å²) >= 11 is 3.17. The van der Waals surface area contributed by atoms with Crippen molar-refractivity contribution in [1.82, 2.24) is 9.80 Å². The van der Waals surface area contributed by atoms with E-state index in [0.717, 1.165) is 4.90 Å². The van der Waals surface area contributed by atoms with Gasteiger partial charge in [-0.2, -0.15) is 4.99 Å². The summed E-state index contributed by atoms with van der Waals surface area (Å²) in [6.07, 6.45) is 0. The first kappa shape index (κ1) is 9.32. The number of fused-ring (bicyclic) bond motifs is 1. The molecule has 7 heteroatoms. The largest absolute Gasteiger partial charge is 0.351 e. The fourth-order valence-corrected chi connectivity index (χ4v) is 1.71. The molecule has 1 unspecified atom stereocenters. The summed E-state index contributed by atoms with van der Waals surface area (Å²) in [5, 5.41) is 0. The highest BCUT2D eigenvalue weighted by Gasteiger charge is 2.42. The molecule has 1 atom stereocenters. The molecule has 14 heavy (non-hydrogen) atoms. The van der Waals surface area contributed by atoms with Crippen molar-refractivity contribution in [2.24, 2.45) is 9.98 Å². The summed E-state index contributed by atoms with van der Waals surface area (Å²) in [4.78, 5) is 33.1. The van der Waals surface area contributed by atoms with Crippen LogP contribution in [0.15, 0.2) is 9.98 Å². The van der Waals surface area contributed by atoms with E-state index in [9.17, 15) is 9.59 Å². The Kier molecular flexibility index (Phi) is 1.91. The summed E-state index contributed by atoms with van der Waals surface area (Å²) in [5.74, 6) is -0.0480. The van der Waals surface area contributed by atoms with E-state index >= 15 is 0 Å². The van der Waals surface area contributed by atoms with Crippen molar-refractivity contribution in [3.05, 3.63) is 0 Å². The van der Waals surface area contributed by atoms with Crippen LogP contribution >= 0.6 is 15.9 Å². The maximum atomic E-state index is 11.7. The van der Waals surface area contributed by atoms with Crippen LogP contribution in [-0.4, -0.2) is 52.5 Å². The van der Waals surface area contributed by atoms with Gasteiger partial charge in [-0.3, -0.25) is 9.69 Å². The molecule has 2 heterocycles. The van der Waals surface area contributed by atoms with Gasteiger partial charge in [0.25, 0.3) is 5.91 Å². The van der Waals surface area contributed by atoms with Crippen LogP contribution in [0.1, 0.15) is 0 Å². The molecule has 0 saturated heterocycles. The molecular formula is C7H7BrN4O2. The van der Waals surface area contributed by atoms with E-state index in [0.29, 0.717) is 4.74 Å². The zero-order valence-electron chi connectivity index (χ0n) is 7.56. The Morgan fingerprint density at radius 2 is 1.93 bits per heavy atom. The number of amides is 3. The molecule has 0 spiro atoms. The molecule has 2 rings (SSSR count). The third-order valence-corrected chi connectivity index (χ3v) is 2.93. The number of nitrogens with zero attached hydrogens (tertiary/aromatic N) is 4. The second kappa shape index (κ2) is 2.88. The Bertz CT molecular complexity index is 389. The van der Waals surface area contributed by atoms with Gasteiger partial charge in [-0.15, -0.1) is 0 Å². The highest BCUT2D eigenvalue weighted by Crippen LogP contribution is 2.20. The Morgan fingerprint density at radius 3 is 2.57 bits per heavy atom. The van der Waals surface area contributed by atoms with Crippen LogP contribution in [-0.2, 0) is 4.79 Å². The second-order valence-corrected chi connectivity index (χ2v) is 3.75. The molecule has 0 fully saturated rings. The molecule has 6 nitrogen and oxygen atoms in total. The predicted molar refractivity (Wildman–Crippen MR) is 53.5 cm³/mol. The number of aliphatic imine (C=N–C) groups is 2. The lowest BCUT2D eigenvalue weighted by Gasteiger charge is -2.26. The van der Waals surface area contributed by atoms with Crippen LogP contribution in [0.25, 0.3) is 0 Å². The van der Waals surface area contributed by atoms with Gasteiger partial charge < -0.3 is 4.90 Å². The average Bonchev–Trinajstić information content (AvgIpc) is 2.39. The van der Waals surface area contributed by atoms with E-state index in [4.69, 9.17) is 0 Å². The standard InChI is InChI=1S/C7H7BrN4O2/c1-11-3-4(9-6(11)8)10-7(14)12(2)5(3)13/h3H,1-2H3.